The number of anilines is 1. The molecule has 0 radical (unpaired) electrons. The lowest BCUT2D eigenvalue weighted by atomic mass is 10.1. The zero-order valence-corrected chi connectivity index (χ0v) is 13.3. The van der Waals surface area contributed by atoms with E-state index in [0.717, 1.165) is 0 Å². The minimum absolute atomic E-state index is 0.0109. The predicted octanol–water partition coefficient (Wildman–Crippen LogP) is 1.79. The van der Waals surface area contributed by atoms with Crippen LogP contribution in [0.3, 0.4) is 0 Å². The molecule has 9 heteroatoms. The van der Waals surface area contributed by atoms with Crippen LogP contribution in [0, 0.1) is 10.1 Å². The summed E-state index contributed by atoms with van der Waals surface area (Å²) in [4.78, 5) is 24.6. The minimum Gasteiger partial charge on any atom is -0.459 e. The van der Waals surface area contributed by atoms with E-state index in [-0.39, 0.29) is 11.4 Å². The van der Waals surface area contributed by atoms with Crippen molar-refractivity contribution in [1.82, 2.24) is 5.43 Å². The SMILES string of the molecule is O=C(NN=Cc1ccc(N2CCOCC2)c([N+](=O)[O-])c1)c1ccco1. The van der Waals surface area contributed by atoms with E-state index in [1.165, 1.54) is 24.6 Å². The number of carbonyl (C=O) groups excluding carboxylic acids is 1. The van der Waals surface area contributed by atoms with E-state index in [1.54, 1.807) is 18.2 Å². The standard InChI is InChI=1S/C16H16N4O5/c21-16(15-2-1-7-25-15)18-17-11-12-3-4-13(14(10-12)20(22)23)19-5-8-24-9-6-19/h1-4,7,10-11H,5-6,8-9H2,(H,18,21). The Morgan fingerprint density at radius 3 is 2.80 bits per heavy atom. The monoisotopic (exact) mass is 344 g/mol. The van der Waals surface area contributed by atoms with Crippen LogP contribution in [-0.4, -0.2) is 43.3 Å². The first-order chi connectivity index (χ1) is 12.1. The molecule has 1 aromatic heterocycles. The van der Waals surface area contributed by atoms with Gasteiger partial charge in [-0.15, -0.1) is 0 Å². The number of hydrogen-bond acceptors (Lipinski definition) is 7. The number of nitrogens with zero attached hydrogens (tertiary/aromatic N) is 3. The van der Waals surface area contributed by atoms with Crippen molar-refractivity contribution in [1.29, 1.82) is 0 Å². The number of carbonyl (C=O) groups is 1. The summed E-state index contributed by atoms with van der Waals surface area (Å²) in [6, 6.07) is 7.91. The van der Waals surface area contributed by atoms with Crippen LogP contribution in [0.5, 0.6) is 0 Å². The molecule has 1 aliphatic rings. The Labute approximate surface area is 143 Å². The number of benzene rings is 1. The molecule has 1 aliphatic heterocycles. The molecule has 0 bridgehead atoms. The largest absolute Gasteiger partial charge is 0.459 e. The van der Waals surface area contributed by atoms with Crippen molar-refractivity contribution >= 4 is 23.5 Å². The van der Waals surface area contributed by atoms with Crippen LogP contribution < -0.4 is 10.3 Å². The zero-order chi connectivity index (χ0) is 17.6. The van der Waals surface area contributed by atoms with Crippen molar-refractivity contribution in [2.24, 2.45) is 5.10 Å². The number of ether oxygens (including phenoxy) is 1. The first-order valence-electron chi connectivity index (χ1n) is 7.63. The Balaban J connectivity index is 1.73. The normalized spacial score (nSPS) is 14.6. The Morgan fingerprint density at radius 1 is 1.32 bits per heavy atom. The molecule has 1 saturated heterocycles. The van der Waals surface area contributed by atoms with E-state index in [0.29, 0.717) is 37.6 Å². The number of nitro benzene ring substituents is 1. The van der Waals surface area contributed by atoms with Crippen LogP contribution in [0.2, 0.25) is 0 Å². The van der Waals surface area contributed by atoms with Gasteiger partial charge in [-0.2, -0.15) is 5.10 Å². The fourth-order valence-corrected chi connectivity index (χ4v) is 2.47. The predicted molar refractivity (Wildman–Crippen MR) is 89.9 cm³/mol. The van der Waals surface area contributed by atoms with E-state index >= 15 is 0 Å². The van der Waals surface area contributed by atoms with E-state index < -0.39 is 10.8 Å². The average Bonchev–Trinajstić information content (AvgIpc) is 3.17. The van der Waals surface area contributed by atoms with Gasteiger partial charge in [0, 0.05) is 24.7 Å². The number of hydrogen-bond donors (Lipinski definition) is 1. The van der Waals surface area contributed by atoms with Gasteiger partial charge < -0.3 is 14.1 Å². The Hall–Kier alpha value is -3.20. The number of amides is 1. The number of furan rings is 1. The molecular formula is C16H16N4O5. The van der Waals surface area contributed by atoms with E-state index in [2.05, 4.69) is 10.5 Å². The summed E-state index contributed by atoms with van der Waals surface area (Å²) in [6.07, 6.45) is 2.73. The fraction of sp³-hybridized carbons (Fsp3) is 0.250. The van der Waals surface area contributed by atoms with Gasteiger partial charge in [-0.05, 0) is 18.2 Å². The number of rotatable bonds is 5. The van der Waals surface area contributed by atoms with Crippen LogP contribution in [0.1, 0.15) is 16.1 Å². The summed E-state index contributed by atoms with van der Waals surface area (Å²) in [7, 11) is 0. The quantitative estimate of drug-likeness (QED) is 0.503. The molecule has 0 atom stereocenters. The van der Waals surface area contributed by atoms with Crippen molar-refractivity contribution in [2.45, 2.75) is 0 Å². The lowest BCUT2D eigenvalue weighted by Crippen LogP contribution is -2.36. The highest BCUT2D eigenvalue weighted by molar-refractivity contribution is 5.92. The molecule has 0 spiro atoms. The average molecular weight is 344 g/mol. The number of nitrogens with one attached hydrogen (secondary N) is 1. The van der Waals surface area contributed by atoms with Gasteiger partial charge in [-0.25, -0.2) is 5.43 Å². The number of nitro groups is 1. The Kier molecular flexibility index (Phi) is 5.05. The summed E-state index contributed by atoms with van der Waals surface area (Å²) in [5.74, 6) is -0.369. The third kappa shape index (κ3) is 4.01. The third-order valence-electron chi connectivity index (χ3n) is 3.67. The molecule has 25 heavy (non-hydrogen) atoms. The van der Waals surface area contributed by atoms with Gasteiger partial charge in [0.2, 0.25) is 0 Å². The maximum atomic E-state index is 11.7. The molecule has 3 rings (SSSR count). The first-order valence-corrected chi connectivity index (χ1v) is 7.63. The van der Waals surface area contributed by atoms with Crippen molar-refractivity contribution in [3.8, 4) is 0 Å². The summed E-state index contributed by atoms with van der Waals surface area (Å²) >= 11 is 0. The van der Waals surface area contributed by atoms with Gasteiger partial charge in [0.25, 0.3) is 5.69 Å². The van der Waals surface area contributed by atoms with Gasteiger partial charge in [0.1, 0.15) is 5.69 Å². The first kappa shape index (κ1) is 16.7. The zero-order valence-electron chi connectivity index (χ0n) is 13.3. The molecule has 2 aromatic rings. The maximum absolute atomic E-state index is 11.7. The second-order valence-electron chi connectivity index (χ2n) is 5.28. The van der Waals surface area contributed by atoms with Gasteiger partial charge >= 0.3 is 5.91 Å². The smallest absolute Gasteiger partial charge is 0.307 e. The van der Waals surface area contributed by atoms with Crippen LogP contribution in [-0.2, 0) is 4.74 Å². The van der Waals surface area contributed by atoms with Crippen molar-refractivity contribution in [3.63, 3.8) is 0 Å². The Bertz CT molecular complexity index is 782. The van der Waals surface area contributed by atoms with Gasteiger partial charge in [0.05, 0.1) is 30.6 Å². The topological polar surface area (TPSA) is 110 Å². The van der Waals surface area contributed by atoms with Crippen molar-refractivity contribution in [2.75, 3.05) is 31.2 Å². The lowest BCUT2D eigenvalue weighted by molar-refractivity contribution is -0.384. The molecule has 1 fully saturated rings. The molecule has 0 unspecified atom stereocenters. The van der Waals surface area contributed by atoms with Crippen LogP contribution in [0.25, 0.3) is 0 Å². The van der Waals surface area contributed by atoms with Crippen LogP contribution >= 0.6 is 0 Å². The molecule has 1 N–H and O–H groups in total. The Morgan fingerprint density at radius 2 is 2.12 bits per heavy atom. The fourth-order valence-electron chi connectivity index (χ4n) is 2.47. The van der Waals surface area contributed by atoms with Gasteiger partial charge in [0.15, 0.2) is 5.76 Å². The summed E-state index contributed by atoms with van der Waals surface area (Å²) in [5, 5.41) is 15.2. The number of morpholine rings is 1. The van der Waals surface area contributed by atoms with Crippen molar-refractivity contribution in [3.05, 3.63) is 58.0 Å². The maximum Gasteiger partial charge on any atom is 0.307 e. The minimum atomic E-state index is -0.499. The highest BCUT2D eigenvalue weighted by atomic mass is 16.6. The molecule has 9 nitrogen and oxygen atoms in total. The summed E-state index contributed by atoms with van der Waals surface area (Å²) in [6.45, 7) is 2.29. The molecule has 130 valence electrons. The van der Waals surface area contributed by atoms with E-state index in [1.807, 2.05) is 4.90 Å². The molecule has 0 aliphatic carbocycles. The summed E-state index contributed by atoms with van der Waals surface area (Å²) in [5.41, 5.74) is 3.34. The summed E-state index contributed by atoms with van der Waals surface area (Å²) < 4.78 is 10.2. The highest BCUT2D eigenvalue weighted by Gasteiger charge is 2.21. The van der Waals surface area contributed by atoms with Crippen LogP contribution in [0.4, 0.5) is 11.4 Å². The van der Waals surface area contributed by atoms with E-state index in [9.17, 15) is 14.9 Å². The lowest BCUT2D eigenvalue weighted by Gasteiger charge is -2.28. The molecule has 1 amide bonds. The van der Waals surface area contributed by atoms with Gasteiger partial charge in [-0.3, -0.25) is 14.9 Å². The van der Waals surface area contributed by atoms with Crippen LogP contribution in [0.15, 0.2) is 46.1 Å². The number of hydrazone groups is 1. The van der Waals surface area contributed by atoms with E-state index in [4.69, 9.17) is 9.15 Å². The second-order valence-corrected chi connectivity index (χ2v) is 5.28. The second kappa shape index (κ2) is 7.58. The third-order valence-corrected chi connectivity index (χ3v) is 3.67. The highest BCUT2D eigenvalue weighted by Crippen LogP contribution is 2.29. The van der Waals surface area contributed by atoms with Gasteiger partial charge in [-0.1, -0.05) is 6.07 Å². The molecular weight excluding hydrogens is 328 g/mol. The molecule has 0 saturated carbocycles. The molecule has 2 heterocycles. The van der Waals surface area contributed by atoms with Crippen molar-refractivity contribution < 1.29 is 18.9 Å². The molecule has 1 aromatic carbocycles.